The zero-order valence-corrected chi connectivity index (χ0v) is 14.8. The minimum atomic E-state index is -0.147. The second kappa shape index (κ2) is 7.01. The number of amides is 1. The zero-order valence-electron chi connectivity index (χ0n) is 14.0. The van der Waals surface area contributed by atoms with Crippen molar-refractivity contribution in [2.24, 2.45) is 4.99 Å². The number of amidine groups is 1. The van der Waals surface area contributed by atoms with Crippen molar-refractivity contribution >= 4 is 45.5 Å². The van der Waals surface area contributed by atoms with Gasteiger partial charge in [-0.25, -0.2) is 4.99 Å². The molecule has 0 bridgehead atoms. The number of methoxy groups -OCH3 is 1. The van der Waals surface area contributed by atoms with E-state index in [-0.39, 0.29) is 5.24 Å². The monoisotopic (exact) mass is 361 g/mol. The third-order valence-corrected chi connectivity index (χ3v) is 4.72. The van der Waals surface area contributed by atoms with Crippen LogP contribution in [0.15, 0.2) is 70.7 Å². The van der Waals surface area contributed by atoms with Crippen molar-refractivity contribution in [2.75, 3.05) is 7.11 Å². The van der Waals surface area contributed by atoms with Gasteiger partial charge in [0.2, 0.25) is 0 Å². The van der Waals surface area contributed by atoms with Crippen LogP contribution in [0.5, 0.6) is 5.75 Å². The lowest BCUT2D eigenvalue weighted by atomic mass is 10.1. The van der Waals surface area contributed by atoms with Gasteiger partial charge in [-0.2, -0.15) is 0 Å². The van der Waals surface area contributed by atoms with Crippen molar-refractivity contribution in [3.63, 3.8) is 0 Å². The van der Waals surface area contributed by atoms with Crippen LogP contribution in [0.1, 0.15) is 5.56 Å². The first-order chi connectivity index (χ1) is 12.7. The summed E-state index contributed by atoms with van der Waals surface area (Å²) >= 11 is 1.13. The molecule has 3 aromatic rings. The lowest BCUT2D eigenvalue weighted by Gasteiger charge is -2.04. The SMILES string of the molecule is COc1cccc(N=C2NC(=O)SC2=Cc2cccc3cccnc23)c1. The molecule has 1 fully saturated rings. The molecule has 26 heavy (non-hydrogen) atoms. The van der Waals surface area contributed by atoms with E-state index in [1.165, 1.54) is 0 Å². The van der Waals surface area contributed by atoms with Crippen LogP contribution in [0.4, 0.5) is 10.5 Å². The van der Waals surface area contributed by atoms with Crippen molar-refractivity contribution in [2.45, 2.75) is 0 Å². The molecule has 1 N–H and O–H groups in total. The number of hydrogen-bond acceptors (Lipinski definition) is 5. The van der Waals surface area contributed by atoms with Gasteiger partial charge in [0, 0.05) is 23.2 Å². The van der Waals surface area contributed by atoms with Crippen molar-refractivity contribution < 1.29 is 9.53 Å². The third-order valence-electron chi connectivity index (χ3n) is 3.90. The maximum atomic E-state index is 11.9. The Hall–Kier alpha value is -3.12. The average molecular weight is 361 g/mol. The Morgan fingerprint density at radius 3 is 2.88 bits per heavy atom. The molecular formula is C20H15N3O2S. The Bertz CT molecular complexity index is 1050. The minimum Gasteiger partial charge on any atom is -0.497 e. The minimum absolute atomic E-state index is 0.147. The van der Waals surface area contributed by atoms with Gasteiger partial charge in [-0.15, -0.1) is 0 Å². The largest absolute Gasteiger partial charge is 0.497 e. The summed E-state index contributed by atoms with van der Waals surface area (Å²) in [7, 11) is 1.61. The Labute approximate surface area is 154 Å². The molecule has 1 saturated heterocycles. The van der Waals surface area contributed by atoms with Crippen molar-refractivity contribution in [3.05, 3.63) is 71.3 Å². The number of carbonyl (C=O) groups excluding carboxylic acids is 1. The second-order valence-corrected chi connectivity index (χ2v) is 6.62. The van der Waals surface area contributed by atoms with E-state index in [0.717, 1.165) is 33.1 Å². The van der Waals surface area contributed by atoms with Crippen molar-refractivity contribution in [1.82, 2.24) is 10.3 Å². The van der Waals surface area contributed by atoms with E-state index in [1.807, 2.05) is 60.7 Å². The smallest absolute Gasteiger partial charge is 0.289 e. The highest BCUT2D eigenvalue weighted by Crippen LogP contribution is 2.30. The second-order valence-electron chi connectivity index (χ2n) is 5.61. The Balaban J connectivity index is 1.77. The van der Waals surface area contributed by atoms with Gasteiger partial charge in [-0.05, 0) is 36.0 Å². The summed E-state index contributed by atoms with van der Waals surface area (Å²) in [5.41, 5.74) is 2.55. The molecular weight excluding hydrogens is 346 g/mol. The van der Waals surface area contributed by atoms with Crippen LogP contribution in [-0.4, -0.2) is 23.2 Å². The van der Waals surface area contributed by atoms with Gasteiger partial charge in [0.15, 0.2) is 0 Å². The predicted octanol–water partition coefficient (Wildman–Crippen LogP) is 4.77. The molecule has 0 spiro atoms. The number of aromatic nitrogens is 1. The molecule has 0 saturated carbocycles. The number of para-hydroxylation sites is 1. The molecule has 0 atom stereocenters. The highest BCUT2D eigenvalue weighted by molar-refractivity contribution is 8.18. The van der Waals surface area contributed by atoms with E-state index >= 15 is 0 Å². The number of rotatable bonds is 3. The first-order valence-corrected chi connectivity index (χ1v) is 8.82. The summed E-state index contributed by atoms with van der Waals surface area (Å²) in [6, 6.07) is 17.3. The molecule has 1 aliphatic rings. The highest BCUT2D eigenvalue weighted by atomic mass is 32.2. The standard InChI is InChI=1S/C20H15N3O2S/c1-25-16-9-3-8-15(12-16)22-19-17(26-20(24)23-19)11-14-6-2-5-13-7-4-10-21-18(13)14/h2-12H,1H3,(H,22,23,24). The summed E-state index contributed by atoms with van der Waals surface area (Å²) in [4.78, 5) is 21.7. The van der Waals surface area contributed by atoms with E-state index in [2.05, 4.69) is 15.3 Å². The number of ether oxygens (including phenoxy) is 1. The summed E-state index contributed by atoms with van der Waals surface area (Å²) in [5.74, 6) is 1.24. The maximum absolute atomic E-state index is 11.9. The lowest BCUT2D eigenvalue weighted by molar-refractivity contribution is 0.265. The quantitative estimate of drug-likeness (QED) is 0.730. The van der Waals surface area contributed by atoms with E-state index in [4.69, 9.17) is 4.74 Å². The number of carbonyl (C=O) groups is 1. The molecule has 0 unspecified atom stereocenters. The summed E-state index contributed by atoms with van der Waals surface area (Å²) in [5, 5.41) is 3.71. The predicted molar refractivity (Wildman–Crippen MR) is 106 cm³/mol. The van der Waals surface area contributed by atoms with Gasteiger partial charge in [0.05, 0.1) is 23.2 Å². The fourth-order valence-electron chi connectivity index (χ4n) is 2.71. The average Bonchev–Trinajstić information content (AvgIpc) is 3.01. The van der Waals surface area contributed by atoms with Crippen LogP contribution in [0.25, 0.3) is 17.0 Å². The van der Waals surface area contributed by atoms with Crippen molar-refractivity contribution in [3.8, 4) is 5.75 Å². The summed E-state index contributed by atoms with van der Waals surface area (Å²) < 4.78 is 5.23. The van der Waals surface area contributed by atoms with Gasteiger partial charge >= 0.3 is 0 Å². The zero-order chi connectivity index (χ0) is 17.9. The van der Waals surface area contributed by atoms with Gasteiger partial charge < -0.3 is 10.1 Å². The van der Waals surface area contributed by atoms with Crippen LogP contribution in [0, 0.1) is 0 Å². The molecule has 1 aromatic heterocycles. The molecule has 128 valence electrons. The first-order valence-electron chi connectivity index (χ1n) is 8.00. The van der Waals surface area contributed by atoms with E-state index in [9.17, 15) is 4.79 Å². The maximum Gasteiger partial charge on any atom is 0.289 e. The van der Waals surface area contributed by atoms with Crippen molar-refractivity contribution in [1.29, 1.82) is 0 Å². The van der Waals surface area contributed by atoms with Crippen LogP contribution in [-0.2, 0) is 0 Å². The molecule has 2 heterocycles. The first kappa shape index (κ1) is 16.4. The van der Waals surface area contributed by atoms with E-state index in [1.54, 1.807) is 13.3 Å². The van der Waals surface area contributed by atoms with Crippen LogP contribution >= 0.6 is 11.8 Å². The van der Waals surface area contributed by atoms with Gasteiger partial charge in [-0.1, -0.05) is 30.3 Å². The summed E-state index contributed by atoms with van der Waals surface area (Å²) in [6.45, 7) is 0. The molecule has 2 aromatic carbocycles. The molecule has 1 amide bonds. The number of aliphatic imine (C=N–C) groups is 1. The number of nitrogens with zero attached hydrogens (tertiary/aromatic N) is 2. The number of pyridine rings is 1. The fraction of sp³-hybridized carbons (Fsp3) is 0.0500. The summed E-state index contributed by atoms with van der Waals surface area (Å²) in [6.07, 6.45) is 3.71. The Morgan fingerprint density at radius 1 is 1.15 bits per heavy atom. The lowest BCUT2D eigenvalue weighted by Crippen LogP contribution is -2.18. The number of nitrogens with one attached hydrogen (secondary N) is 1. The van der Waals surface area contributed by atoms with E-state index < -0.39 is 0 Å². The van der Waals surface area contributed by atoms with Gasteiger partial charge in [0.25, 0.3) is 5.24 Å². The normalized spacial score (nSPS) is 17.0. The molecule has 6 heteroatoms. The third kappa shape index (κ3) is 3.32. The topological polar surface area (TPSA) is 63.6 Å². The Morgan fingerprint density at radius 2 is 2.00 bits per heavy atom. The fourth-order valence-corrected chi connectivity index (χ4v) is 3.43. The van der Waals surface area contributed by atoms with Gasteiger partial charge in [-0.3, -0.25) is 9.78 Å². The molecule has 5 nitrogen and oxygen atoms in total. The van der Waals surface area contributed by atoms with Crippen LogP contribution < -0.4 is 10.1 Å². The van der Waals surface area contributed by atoms with E-state index in [0.29, 0.717) is 17.3 Å². The van der Waals surface area contributed by atoms with Gasteiger partial charge in [0.1, 0.15) is 11.6 Å². The highest BCUT2D eigenvalue weighted by Gasteiger charge is 2.24. The van der Waals surface area contributed by atoms with Crippen LogP contribution in [0.3, 0.4) is 0 Å². The number of benzene rings is 2. The number of fused-ring (bicyclic) bond motifs is 1. The number of hydrogen-bond donors (Lipinski definition) is 1. The molecule has 1 aliphatic heterocycles. The van der Waals surface area contributed by atoms with Crippen LogP contribution in [0.2, 0.25) is 0 Å². The molecule has 0 aliphatic carbocycles. The molecule has 4 rings (SSSR count). The number of thioether (sulfide) groups is 1. The molecule has 0 radical (unpaired) electrons. The Kier molecular flexibility index (Phi) is 4.41.